The molecule has 0 aromatic rings. The van der Waals surface area contributed by atoms with Gasteiger partial charge in [-0.1, -0.05) is 13.3 Å². The van der Waals surface area contributed by atoms with E-state index in [1.807, 2.05) is 0 Å². The fraction of sp³-hybridized carbons (Fsp3) is 0.917. The van der Waals surface area contributed by atoms with Gasteiger partial charge >= 0.3 is 6.03 Å². The molecular formula is C12H25N3O2. The van der Waals surface area contributed by atoms with Gasteiger partial charge in [0.05, 0.1) is 0 Å². The third-order valence-electron chi connectivity index (χ3n) is 3.19. The van der Waals surface area contributed by atoms with E-state index in [1.54, 1.807) is 0 Å². The number of hydrogen-bond donors (Lipinski definition) is 3. The summed E-state index contributed by atoms with van der Waals surface area (Å²) in [5.41, 5.74) is 6.05. The van der Waals surface area contributed by atoms with Gasteiger partial charge < -0.3 is 21.1 Å². The Labute approximate surface area is 103 Å². The number of amides is 2. The highest BCUT2D eigenvalue weighted by molar-refractivity contribution is 5.73. The first-order valence-electron chi connectivity index (χ1n) is 6.59. The van der Waals surface area contributed by atoms with Gasteiger partial charge in [-0.25, -0.2) is 4.79 Å². The van der Waals surface area contributed by atoms with Gasteiger partial charge in [-0.2, -0.15) is 0 Å². The summed E-state index contributed by atoms with van der Waals surface area (Å²) in [6, 6.07) is -0.0724. The summed E-state index contributed by atoms with van der Waals surface area (Å²) in [7, 11) is 0. The molecule has 1 unspecified atom stereocenters. The molecule has 0 aromatic heterocycles. The molecule has 0 aromatic carbocycles. The molecule has 5 heteroatoms. The Kier molecular flexibility index (Phi) is 6.96. The highest BCUT2D eigenvalue weighted by Gasteiger charge is 2.21. The fourth-order valence-electron chi connectivity index (χ4n) is 1.96. The summed E-state index contributed by atoms with van der Waals surface area (Å²) >= 11 is 0. The number of nitrogens with two attached hydrogens (primary N) is 1. The van der Waals surface area contributed by atoms with E-state index in [2.05, 4.69) is 17.6 Å². The maximum Gasteiger partial charge on any atom is 0.314 e. The summed E-state index contributed by atoms with van der Waals surface area (Å²) in [6.45, 7) is 4.96. The number of unbranched alkanes of at least 4 members (excludes halogenated alkanes) is 1. The molecule has 17 heavy (non-hydrogen) atoms. The molecule has 0 bridgehead atoms. The monoisotopic (exact) mass is 243 g/mol. The van der Waals surface area contributed by atoms with Gasteiger partial charge in [-0.3, -0.25) is 0 Å². The summed E-state index contributed by atoms with van der Waals surface area (Å²) < 4.78 is 5.29. The molecule has 1 fully saturated rings. The van der Waals surface area contributed by atoms with E-state index in [9.17, 15) is 4.79 Å². The van der Waals surface area contributed by atoms with Crippen molar-refractivity contribution in [1.29, 1.82) is 0 Å². The fourth-order valence-corrected chi connectivity index (χ4v) is 1.96. The van der Waals surface area contributed by atoms with Crippen molar-refractivity contribution in [1.82, 2.24) is 10.6 Å². The predicted octanol–water partition coefficient (Wildman–Crippen LogP) is 0.840. The van der Waals surface area contributed by atoms with E-state index in [1.165, 1.54) is 0 Å². The van der Waals surface area contributed by atoms with E-state index in [-0.39, 0.29) is 12.1 Å². The van der Waals surface area contributed by atoms with Crippen LogP contribution in [0.5, 0.6) is 0 Å². The Balaban J connectivity index is 2.09. The number of hydrogen-bond acceptors (Lipinski definition) is 3. The maximum atomic E-state index is 11.4. The van der Waals surface area contributed by atoms with Crippen LogP contribution >= 0.6 is 0 Å². The van der Waals surface area contributed by atoms with Crippen LogP contribution in [0.1, 0.15) is 32.6 Å². The second-order valence-electron chi connectivity index (χ2n) is 4.60. The Morgan fingerprint density at radius 3 is 2.76 bits per heavy atom. The minimum absolute atomic E-state index is 0.0378. The summed E-state index contributed by atoms with van der Waals surface area (Å²) in [4.78, 5) is 11.4. The third-order valence-corrected chi connectivity index (χ3v) is 3.19. The zero-order chi connectivity index (χ0) is 12.5. The molecule has 0 saturated carbocycles. The third kappa shape index (κ3) is 5.89. The Morgan fingerprint density at radius 1 is 1.41 bits per heavy atom. The van der Waals surface area contributed by atoms with Crippen molar-refractivity contribution in [3.63, 3.8) is 0 Å². The van der Waals surface area contributed by atoms with Crippen molar-refractivity contribution >= 4 is 6.03 Å². The summed E-state index contributed by atoms with van der Waals surface area (Å²) in [5, 5.41) is 5.63. The number of carbonyl (C=O) groups excluding carboxylic acids is 1. The van der Waals surface area contributed by atoms with Crippen LogP contribution in [0, 0.1) is 5.92 Å². The molecule has 1 saturated heterocycles. The van der Waals surface area contributed by atoms with Crippen molar-refractivity contribution in [2.45, 2.75) is 38.6 Å². The van der Waals surface area contributed by atoms with Crippen LogP contribution < -0.4 is 16.4 Å². The molecule has 1 atom stereocenters. The summed E-state index contributed by atoms with van der Waals surface area (Å²) in [5.74, 6) is 0.472. The number of nitrogens with one attached hydrogen (secondary N) is 2. The normalized spacial score (nSPS) is 18.7. The lowest BCUT2D eigenvalue weighted by molar-refractivity contribution is 0.0587. The second kappa shape index (κ2) is 8.31. The average molecular weight is 243 g/mol. The van der Waals surface area contributed by atoms with Crippen LogP contribution in [-0.2, 0) is 4.74 Å². The molecule has 5 nitrogen and oxygen atoms in total. The smallest absolute Gasteiger partial charge is 0.314 e. The van der Waals surface area contributed by atoms with E-state index >= 15 is 0 Å². The van der Waals surface area contributed by atoms with Crippen molar-refractivity contribution in [3.05, 3.63) is 0 Å². The highest BCUT2D eigenvalue weighted by Crippen LogP contribution is 2.16. The van der Waals surface area contributed by atoms with Crippen molar-refractivity contribution in [3.8, 4) is 0 Å². The van der Waals surface area contributed by atoms with Gasteiger partial charge in [0.1, 0.15) is 0 Å². The standard InChI is InChI=1S/C12H25N3O2/c1-2-3-6-14-12(16)15-9-11(13)10-4-7-17-8-5-10/h10-11H,2-9,13H2,1H3,(H2,14,15,16). The predicted molar refractivity (Wildman–Crippen MR) is 67.8 cm³/mol. The molecule has 100 valence electrons. The van der Waals surface area contributed by atoms with Crippen LogP contribution in [0.4, 0.5) is 4.79 Å². The topological polar surface area (TPSA) is 76.4 Å². The van der Waals surface area contributed by atoms with Gasteiger partial charge in [0.2, 0.25) is 0 Å². The molecule has 0 spiro atoms. The Hall–Kier alpha value is -0.810. The van der Waals surface area contributed by atoms with Crippen LogP contribution in [0.3, 0.4) is 0 Å². The minimum atomic E-state index is -0.110. The van der Waals surface area contributed by atoms with Crippen LogP contribution in [0.25, 0.3) is 0 Å². The summed E-state index contributed by atoms with van der Waals surface area (Å²) in [6.07, 6.45) is 4.10. The molecule has 1 rings (SSSR count). The number of ether oxygens (including phenoxy) is 1. The number of carbonyl (C=O) groups is 1. The minimum Gasteiger partial charge on any atom is -0.381 e. The lowest BCUT2D eigenvalue weighted by Gasteiger charge is -2.27. The van der Waals surface area contributed by atoms with Crippen molar-refractivity contribution in [2.75, 3.05) is 26.3 Å². The van der Waals surface area contributed by atoms with E-state index < -0.39 is 0 Å². The first-order chi connectivity index (χ1) is 8.24. The average Bonchev–Trinajstić information content (AvgIpc) is 2.37. The van der Waals surface area contributed by atoms with E-state index in [0.717, 1.165) is 45.4 Å². The number of rotatable bonds is 6. The van der Waals surface area contributed by atoms with E-state index in [4.69, 9.17) is 10.5 Å². The molecule has 0 radical (unpaired) electrons. The quantitative estimate of drug-likeness (QED) is 0.605. The molecule has 4 N–H and O–H groups in total. The van der Waals surface area contributed by atoms with Crippen molar-refractivity contribution in [2.24, 2.45) is 11.7 Å². The molecule has 1 aliphatic rings. The van der Waals surface area contributed by atoms with Crippen LogP contribution in [0.15, 0.2) is 0 Å². The molecular weight excluding hydrogens is 218 g/mol. The van der Waals surface area contributed by atoms with Gasteiger partial charge in [-0.15, -0.1) is 0 Å². The van der Waals surface area contributed by atoms with Gasteiger partial charge in [0.15, 0.2) is 0 Å². The Morgan fingerprint density at radius 2 is 2.12 bits per heavy atom. The Bertz CT molecular complexity index is 218. The molecule has 1 heterocycles. The zero-order valence-corrected chi connectivity index (χ0v) is 10.7. The number of urea groups is 1. The molecule has 1 aliphatic heterocycles. The van der Waals surface area contributed by atoms with Crippen molar-refractivity contribution < 1.29 is 9.53 Å². The van der Waals surface area contributed by atoms with Crippen LogP contribution in [-0.4, -0.2) is 38.4 Å². The maximum absolute atomic E-state index is 11.4. The lowest BCUT2D eigenvalue weighted by atomic mass is 9.92. The second-order valence-corrected chi connectivity index (χ2v) is 4.60. The first-order valence-corrected chi connectivity index (χ1v) is 6.59. The SMILES string of the molecule is CCCCNC(=O)NCC(N)C1CCOCC1. The molecule has 2 amide bonds. The van der Waals surface area contributed by atoms with Crippen LogP contribution in [0.2, 0.25) is 0 Å². The zero-order valence-electron chi connectivity index (χ0n) is 10.7. The first kappa shape index (κ1) is 14.3. The van der Waals surface area contributed by atoms with E-state index in [0.29, 0.717) is 12.5 Å². The van der Waals surface area contributed by atoms with Gasteiger partial charge in [0.25, 0.3) is 0 Å². The highest BCUT2D eigenvalue weighted by atomic mass is 16.5. The largest absolute Gasteiger partial charge is 0.381 e. The lowest BCUT2D eigenvalue weighted by Crippen LogP contribution is -2.46. The van der Waals surface area contributed by atoms with Gasteiger partial charge in [-0.05, 0) is 25.2 Å². The van der Waals surface area contributed by atoms with Gasteiger partial charge in [0, 0.05) is 32.3 Å². The molecule has 0 aliphatic carbocycles.